The number of carbonyl (C=O) groups excluding carboxylic acids is 1. The highest BCUT2D eigenvalue weighted by molar-refractivity contribution is 6.07. The van der Waals surface area contributed by atoms with Crippen molar-refractivity contribution in [3.05, 3.63) is 71.2 Å². The fraction of sp³-hybridized carbons (Fsp3) is 0.0556. The van der Waals surface area contributed by atoms with Crippen LogP contribution in [-0.2, 0) is 0 Å². The second-order valence-corrected chi connectivity index (χ2v) is 5.06. The van der Waals surface area contributed by atoms with Crippen molar-refractivity contribution in [1.29, 1.82) is 10.5 Å². The lowest BCUT2D eigenvalue weighted by Gasteiger charge is -2.05. The maximum Gasteiger partial charge on any atom is 0.260 e. The van der Waals surface area contributed by atoms with Gasteiger partial charge in [0.15, 0.2) is 0 Å². The number of furan rings is 1. The molecule has 1 aromatic carbocycles. The molecule has 0 bridgehead atoms. The molecule has 2 aromatic heterocycles. The highest BCUT2D eigenvalue weighted by atomic mass is 16.4. The van der Waals surface area contributed by atoms with Gasteiger partial charge in [0.1, 0.15) is 23.0 Å². The van der Waals surface area contributed by atoms with Crippen LogP contribution >= 0.6 is 0 Å². The molecular weight excluding hydrogens is 304 g/mol. The summed E-state index contributed by atoms with van der Waals surface area (Å²) in [7, 11) is 0. The van der Waals surface area contributed by atoms with Gasteiger partial charge in [0, 0.05) is 18.1 Å². The summed E-state index contributed by atoms with van der Waals surface area (Å²) in [5, 5.41) is 21.1. The first kappa shape index (κ1) is 15.1. The molecule has 3 rings (SSSR count). The van der Waals surface area contributed by atoms with Crippen LogP contribution in [0.1, 0.15) is 27.2 Å². The van der Waals surface area contributed by atoms with Crippen LogP contribution in [0.4, 0.5) is 5.69 Å². The molecule has 6 nitrogen and oxygen atoms in total. The van der Waals surface area contributed by atoms with Gasteiger partial charge in [-0.15, -0.1) is 0 Å². The van der Waals surface area contributed by atoms with Crippen LogP contribution in [0.2, 0.25) is 0 Å². The minimum absolute atomic E-state index is 0.164. The Morgan fingerprint density at radius 3 is 2.58 bits per heavy atom. The van der Waals surface area contributed by atoms with Gasteiger partial charge in [-0.05, 0) is 37.3 Å². The molecule has 0 radical (unpaired) electrons. The molecule has 0 aliphatic heterocycles. The quantitative estimate of drug-likeness (QED) is 0.801. The Kier molecular flexibility index (Phi) is 3.88. The van der Waals surface area contributed by atoms with Crippen molar-refractivity contribution in [2.75, 3.05) is 5.32 Å². The Hall–Kier alpha value is -3.77. The summed E-state index contributed by atoms with van der Waals surface area (Å²) in [5.74, 6) is 0.196. The van der Waals surface area contributed by atoms with Gasteiger partial charge in [-0.3, -0.25) is 9.36 Å². The number of aromatic nitrogens is 1. The van der Waals surface area contributed by atoms with Gasteiger partial charge in [-0.2, -0.15) is 10.5 Å². The van der Waals surface area contributed by atoms with E-state index in [1.54, 1.807) is 60.3 Å². The summed E-state index contributed by atoms with van der Waals surface area (Å²) < 4.78 is 7.25. The molecule has 0 unspecified atom stereocenters. The van der Waals surface area contributed by atoms with Crippen LogP contribution in [0.15, 0.2) is 53.2 Å². The molecule has 0 fully saturated rings. The molecule has 1 amide bonds. The molecule has 0 aliphatic rings. The third-order valence-corrected chi connectivity index (χ3v) is 3.49. The van der Waals surface area contributed by atoms with Crippen molar-refractivity contribution in [2.45, 2.75) is 6.92 Å². The predicted octanol–water partition coefficient (Wildman–Crippen LogP) is 3.37. The van der Waals surface area contributed by atoms with Crippen molar-refractivity contribution >= 4 is 11.6 Å². The van der Waals surface area contributed by atoms with Crippen molar-refractivity contribution in [2.24, 2.45) is 0 Å². The minimum atomic E-state index is -0.457. The van der Waals surface area contributed by atoms with Crippen LogP contribution in [0, 0.1) is 29.6 Å². The number of carbonyl (C=O) groups is 1. The van der Waals surface area contributed by atoms with E-state index in [0.29, 0.717) is 22.9 Å². The Balaban J connectivity index is 1.99. The van der Waals surface area contributed by atoms with E-state index in [4.69, 9.17) is 9.68 Å². The van der Waals surface area contributed by atoms with E-state index in [9.17, 15) is 10.1 Å². The second-order valence-electron chi connectivity index (χ2n) is 5.06. The van der Waals surface area contributed by atoms with Gasteiger partial charge in [0.2, 0.25) is 5.88 Å². The zero-order chi connectivity index (χ0) is 17.1. The third kappa shape index (κ3) is 2.65. The Labute approximate surface area is 138 Å². The van der Waals surface area contributed by atoms with Gasteiger partial charge in [-0.1, -0.05) is 6.07 Å². The van der Waals surface area contributed by atoms with E-state index < -0.39 is 5.91 Å². The molecule has 2 heterocycles. The number of nitrogens with one attached hydrogen (secondary N) is 1. The Bertz CT molecular complexity index is 985. The smallest absolute Gasteiger partial charge is 0.260 e. The van der Waals surface area contributed by atoms with Crippen molar-refractivity contribution in [1.82, 2.24) is 4.57 Å². The number of amides is 1. The maximum atomic E-state index is 12.6. The fourth-order valence-corrected chi connectivity index (χ4v) is 2.42. The number of rotatable bonds is 3. The number of aryl methyl sites for hydroxylation is 1. The topological polar surface area (TPSA) is 94.8 Å². The number of hydrogen-bond donors (Lipinski definition) is 1. The zero-order valence-electron chi connectivity index (χ0n) is 12.8. The lowest BCUT2D eigenvalue weighted by Crippen LogP contribution is -2.14. The van der Waals surface area contributed by atoms with Crippen LogP contribution in [-0.4, -0.2) is 10.5 Å². The van der Waals surface area contributed by atoms with E-state index in [-0.39, 0.29) is 11.1 Å². The first-order chi connectivity index (χ1) is 11.6. The van der Waals surface area contributed by atoms with Crippen molar-refractivity contribution in [3.63, 3.8) is 0 Å². The monoisotopic (exact) mass is 316 g/mol. The van der Waals surface area contributed by atoms with Gasteiger partial charge >= 0.3 is 0 Å². The van der Waals surface area contributed by atoms with E-state index in [0.717, 1.165) is 0 Å². The lowest BCUT2D eigenvalue weighted by molar-refractivity contribution is 0.102. The molecule has 116 valence electrons. The number of nitrogens with zero attached hydrogens (tertiary/aromatic N) is 3. The van der Waals surface area contributed by atoms with Crippen LogP contribution in [0.25, 0.3) is 5.88 Å². The molecule has 0 aliphatic carbocycles. The molecule has 24 heavy (non-hydrogen) atoms. The average Bonchev–Trinajstić information content (AvgIpc) is 3.21. The van der Waals surface area contributed by atoms with Gasteiger partial charge in [0.25, 0.3) is 5.91 Å². The van der Waals surface area contributed by atoms with E-state index in [2.05, 4.69) is 5.32 Å². The van der Waals surface area contributed by atoms with Gasteiger partial charge in [0.05, 0.1) is 11.6 Å². The SMILES string of the molecule is Cc1oc(-n2cccc2)c(C#N)c1C(=O)Nc1cccc(C#N)c1. The van der Waals surface area contributed by atoms with Gasteiger partial charge in [-0.25, -0.2) is 0 Å². The molecule has 0 atom stereocenters. The highest BCUT2D eigenvalue weighted by Gasteiger charge is 2.24. The summed E-state index contributed by atoms with van der Waals surface area (Å²) in [6.07, 6.45) is 3.47. The largest absolute Gasteiger partial charge is 0.443 e. The first-order valence-electron chi connectivity index (χ1n) is 7.12. The van der Waals surface area contributed by atoms with Crippen LogP contribution in [0.5, 0.6) is 0 Å². The molecule has 1 N–H and O–H groups in total. The minimum Gasteiger partial charge on any atom is -0.443 e. The summed E-state index contributed by atoms with van der Waals surface area (Å²) in [6.45, 7) is 1.63. The molecular formula is C18H12N4O2. The Morgan fingerprint density at radius 1 is 1.17 bits per heavy atom. The third-order valence-electron chi connectivity index (χ3n) is 3.49. The van der Waals surface area contributed by atoms with E-state index in [1.165, 1.54) is 0 Å². The maximum absolute atomic E-state index is 12.6. The molecule has 3 aromatic rings. The summed E-state index contributed by atoms with van der Waals surface area (Å²) in [6, 6.07) is 14.2. The summed E-state index contributed by atoms with van der Waals surface area (Å²) in [5.41, 5.74) is 1.26. The number of nitriles is 2. The molecule has 6 heteroatoms. The predicted molar refractivity (Wildman–Crippen MR) is 86.6 cm³/mol. The van der Waals surface area contributed by atoms with E-state index in [1.807, 2.05) is 12.1 Å². The molecule has 0 saturated heterocycles. The molecule has 0 spiro atoms. The first-order valence-corrected chi connectivity index (χ1v) is 7.12. The number of hydrogen-bond acceptors (Lipinski definition) is 4. The van der Waals surface area contributed by atoms with Crippen molar-refractivity contribution in [3.8, 4) is 18.0 Å². The van der Waals surface area contributed by atoms with Crippen LogP contribution < -0.4 is 5.32 Å². The van der Waals surface area contributed by atoms with Gasteiger partial charge < -0.3 is 9.73 Å². The average molecular weight is 316 g/mol. The standard InChI is InChI=1S/C18H12N4O2/c1-12-16(15(11-20)18(24-12)22-7-2-3-8-22)17(23)21-14-6-4-5-13(9-14)10-19/h2-9H,1H3,(H,21,23). The van der Waals surface area contributed by atoms with Crippen molar-refractivity contribution < 1.29 is 9.21 Å². The normalized spacial score (nSPS) is 9.96. The lowest BCUT2D eigenvalue weighted by atomic mass is 10.1. The Morgan fingerprint density at radius 2 is 1.92 bits per heavy atom. The van der Waals surface area contributed by atoms with E-state index >= 15 is 0 Å². The summed E-state index contributed by atoms with van der Waals surface area (Å²) in [4.78, 5) is 12.6. The fourth-order valence-electron chi connectivity index (χ4n) is 2.42. The second kappa shape index (κ2) is 6.15. The number of anilines is 1. The highest BCUT2D eigenvalue weighted by Crippen LogP contribution is 2.26. The molecule has 0 saturated carbocycles. The number of benzene rings is 1. The van der Waals surface area contributed by atoms with Crippen LogP contribution in [0.3, 0.4) is 0 Å². The summed E-state index contributed by atoms with van der Waals surface area (Å²) >= 11 is 0. The zero-order valence-corrected chi connectivity index (χ0v) is 12.8.